The van der Waals surface area contributed by atoms with Gasteiger partial charge in [-0.3, -0.25) is 14.4 Å². The van der Waals surface area contributed by atoms with Crippen molar-refractivity contribution in [3.05, 3.63) is 45.1 Å². The van der Waals surface area contributed by atoms with Crippen LogP contribution in [0.15, 0.2) is 30.3 Å². The quantitative estimate of drug-likeness (QED) is 0.440. The maximum absolute atomic E-state index is 13.8. The Morgan fingerprint density at radius 1 is 1.23 bits per heavy atom. The van der Waals surface area contributed by atoms with Crippen LogP contribution < -0.4 is 20.9 Å². The zero-order valence-electron chi connectivity index (χ0n) is 18.7. The van der Waals surface area contributed by atoms with Gasteiger partial charge >= 0.3 is 0 Å². The van der Waals surface area contributed by atoms with E-state index in [1.165, 1.54) is 23.1 Å². The Bertz CT molecular complexity index is 1100. The Labute approximate surface area is 210 Å². The first kappa shape index (κ1) is 25.5. The molecule has 4 rings (SSSR count). The SMILES string of the molecule is O=C(NC[C@H](NCC1CC1)C(=O)Nc1ccc(N2CCOCC2=O)c(C(F)F)c1)c1ccc(Cl)s1. The van der Waals surface area contributed by atoms with Crippen molar-refractivity contribution < 1.29 is 27.9 Å². The molecule has 188 valence electrons. The number of thiophene rings is 1. The van der Waals surface area contributed by atoms with E-state index < -0.39 is 24.3 Å². The molecule has 1 aromatic carbocycles. The van der Waals surface area contributed by atoms with Gasteiger partial charge in [-0.1, -0.05) is 11.6 Å². The fourth-order valence-corrected chi connectivity index (χ4v) is 4.62. The van der Waals surface area contributed by atoms with E-state index >= 15 is 0 Å². The molecule has 1 atom stereocenters. The predicted molar refractivity (Wildman–Crippen MR) is 129 cm³/mol. The molecule has 1 aliphatic heterocycles. The van der Waals surface area contributed by atoms with Crippen LogP contribution in [-0.2, 0) is 14.3 Å². The lowest BCUT2D eigenvalue weighted by Crippen LogP contribution is -2.49. The van der Waals surface area contributed by atoms with E-state index in [2.05, 4.69) is 16.0 Å². The third-order valence-corrected chi connectivity index (χ3v) is 6.97. The average molecular weight is 527 g/mol. The number of alkyl halides is 2. The topological polar surface area (TPSA) is 99.8 Å². The van der Waals surface area contributed by atoms with E-state index in [-0.39, 0.29) is 49.1 Å². The molecule has 0 spiro atoms. The molecule has 2 aromatic rings. The number of nitrogens with one attached hydrogen (secondary N) is 3. The van der Waals surface area contributed by atoms with E-state index in [4.69, 9.17) is 16.3 Å². The number of ether oxygens (including phenoxy) is 1. The van der Waals surface area contributed by atoms with Gasteiger partial charge in [0.1, 0.15) is 12.6 Å². The second-order valence-corrected chi connectivity index (χ2v) is 10.1. The fourth-order valence-electron chi connectivity index (χ4n) is 3.66. The lowest BCUT2D eigenvalue weighted by Gasteiger charge is -2.29. The van der Waals surface area contributed by atoms with Crippen molar-refractivity contribution in [1.82, 2.24) is 10.6 Å². The van der Waals surface area contributed by atoms with E-state index in [1.54, 1.807) is 12.1 Å². The van der Waals surface area contributed by atoms with E-state index in [9.17, 15) is 23.2 Å². The molecule has 1 saturated heterocycles. The third kappa shape index (κ3) is 6.75. The van der Waals surface area contributed by atoms with Crippen molar-refractivity contribution in [2.24, 2.45) is 5.92 Å². The minimum absolute atomic E-state index is 0.00890. The van der Waals surface area contributed by atoms with Crippen LogP contribution in [0.4, 0.5) is 20.2 Å². The first-order valence-corrected chi connectivity index (χ1v) is 12.4. The third-order valence-electron chi connectivity index (χ3n) is 5.74. The number of anilines is 2. The van der Waals surface area contributed by atoms with Crippen molar-refractivity contribution in [1.29, 1.82) is 0 Å². The predicted octanol–water partition coefficient (Wildman–Crippen LogP) is 3.44. The summed E-state index contributed by atoms with van der Waals surface area (Å²) in [4.78, 5) is 39.2. The van der Waals surface area contributed by atoms with Gasteiger partial charge in [0, 0.05) is 24.3 Å². The minimum Gasteiger partial charge on any atom is -0.370 e. The molecule has 12 heteroatoms. The largest absolute Gasteiger partial charge is 0.370 e. The maximum atomic E-state index is 13.8. The molecule has 1 aliphatic carbocycles. The number of amides is 3. The number of carbonyl (C=O) groups is 3. The van der Waals surface area contributed by atoms with Crippen LogP contribution in [0.3, 0.4) is 0 Å². The Kier molecular flexibility index (Phi) is 8.32. The van der Waals surface area contributed by atoms with Gasteiger partial charge in [0.15, 0.2) is 0 Å². The van der Waals surface area contributed by atoms with E-state index in [1.807, 2.05) is 0 Å². The molecule has 8 nitrogen and oxygen atoms in total. The maximum Gasteiger partial charge on any atom is 0.265 e. The summed E-state index contributed by atoms with van der Waals surface area (Å²) in [6.07, 6.45) is -0.708. The molecule has 2 aliphatic rings. The van der Waals surface area contributed by atoms with Gasteiger partial charge in [-0.05, 0) is 55.6 Å². The second kappa shape index (κ2) is 11.4. The highest BCUT2D eigenvalue weighted by Crippen LogP contribution is 2.33. The van der Waals surface area contributed by atoms with Gasteiger partial charge in [0.05, 0.1) is 21.5 Å². The van der Waals surface area contributed by atoms with Gasteiger partial charge < -0.3 is 25.6 Å². The van der Waals surface area contributed by atoms with Crippen LogP contribution >= 0.6 is 22.9 Å². The minimum atomic E-state index is -2.85. The van der Waals surface area contributed by atoms with Crippen molar-refractivity contribution in [3.8, 4) is 0 Å². The van der Waals surface area contributed by atoms with E-state index in [0.29, 0.717) is 21.7 Å². The van der Waals surface area contributed by atoms with Crippen LogP contribution in [0.5, 0.6) is 0 Å². The standard InChI is InChI=1S/C23H25ClF2N4O4S/c24-19-6-5-18(35-19)23(33)28-11-16(27-10-13-1-2-13)22(32)29-14-3-4-17(15(9-14)21(25)26)30-7-8-34-12-20(30)31/h3-6,9,13,16,21,27H,1-2,7-8,10-12H2,(H,28,33)(H,29,32)/t16-/m0/s1. The Hall–Kier alpha value is -2.60. The lowest BCUT2D eigenvalue weighted by atomic mass is 10.1. The Morgan fingerprint density at radius 2 is 2.03 bits per heavy atom. The Morgan fingerprint density at radius 3 is 2.69 bits per heavy atom. The monoisotopic (exact) mass is 526 g/mol. The molecule has 3 amide bonds. The van der Waals surface area contributed by atoms with Gasteiger partial charge in [-0.25, -0.2) is 8.78 Å². The molecular weight excluding hydrogens is 502 g/mol. The molecule has 35 heavy (non-hydrogen) atoms. The molecule has 0 unspecified atom stereocenters. The highest BCUT2D eigenvalue weighted by molar-refractivity contribution is 7.18. The zero-order valence-corrected chi connectivity index (χ0v) is 20.3. The summed E-state index contributed by atoms with van der Waals surface area (Å²) in [5.74, 6) is -0.743. The summed E-state index contributed by atoms with van der Waals surface area (Å²) < 4.78 is 33.2. The first-order valence-electron chi connectivity index (χ1n) is 11.2. The highest BCUT2D eigenvalue weighted by atomic mass is 35.5. The highest BCUT2D eigenvalue weighted by Gasteiger charge is 2.28. The summed E-state index contributed by atoms with van der Waals surface area (Å²) in [6.45, 7) is 0.879. The van der Waals surface area contributed by atoms with Gasteiger partial charge in [0.25, 0.3) is 18.2 Å². The summed E-state index contributed by atoms with van der Waals surface area (Å²) in [5.41, 5.74) is -0.0932. The smallest absolute Gasteiger partial charge is 0.265 e. The van der Waals surface area contributed by atoms with Crippen LogP contribution in [0, 0.1) is 5.92 Å². The van der Waals surface area contributed by atoms with Crippen molar-refractivity contribution >= 4 is 52.0 Å². The normalized spacial score (nSPS) is 16.9. The van der Waals surface area contributed by atoms with Crippen LogP contribution in [-0.4, -0.2) is 56.6 Å². The van der Waals surface area contributed by atoms with Crippen molar-refractivity contribution in [2.75, 3.05) is 43.1 Å². The number of rotatable bonds is 10. The van der Waals surface area contributed by atoms with Crippen molar-refractivity contribution in [2.45, 2.75) is 25.3 Å². The number of hydrogen-bond donors (Lipinski definition) is 3. The summed E-state index contributed by atoms with van der Waals surface area (Å²) in [7, 11) is 0. The number of halogens is 3. The molecule has 2 fully saturated rings. The van der Waals surface area contributed by atoms with Crippen LogP contribution in [0.1, 0.15) is 34.5 Å². The Balaban J connectivity index is 1.45. The number of carbonyl (C=O) groups excluding carboxylic acids is 3. The molecule has 0 bridgehead atoms. The summed E-state index contributed by atoms with van der Waals surface area (Å²) >= 11 is 7.01. The molecule has 1 aromatic heterocycles. The number of benzene rings is 1. The van der Waals surface area contributed by atoms with Gasteiger partial charge in [-0.15, -0.1) is 11.3 Å². The fraction of sp³-hybridized carbons (Fsp3) is 0.435. The number of morpholine rings is 1. The molecule has 1 saturated carbocycles. The second-order valence-electron chi connectivity index (χ2n) is 8.38. The van der Waals surface area contributed by atoms with E-state index in [0.717, 1.165) is 24.2 Å². The molecular formula is C23H25ClF2N4O4S. The number of nitrogens with zero attached hydrogens (tertiary/aromatic N) is 1. The zero-order chi connectivity index (χ0) is 24.9. The summed E-state index contributed by atoms with van der Waals surface area (Å²) in [6, 6.07) is 6.49. The first-order chi connectivity index (χ1) is 16.8. The summed E-state index contributed by atoms with van der Waals surface area (Å²) in [5, 5.41) is 8.54. The molecule has 0 radical (unpaired) electrons. The van der Waals surface area contributed by atoms with Crippen LogP contribution in [0.2, 0.25) is 4.34 Å². The average Bonchev–Trinajstić information content (AvgIpc) is 3.56. The lowest BCUT2D eigenvalue weighted by molar-refractivity contribution is -0.125. The van der Waals surface area contributed by atoms with Crippen molar-refractivity contribution in [3.63, 3.8) is 0 Å². The molecule has 2 heterocycles. The van der Waals surface area contributed by atoms with Gasteiger partial charge in [-0.2, -0.15) is 0 Å². The number of hydrogen-bond acceptors (Lipinski definition) is 6. The molecule has 3 N–H and O–H groups in total. The van der Waals surface area contributed by atoms with Gasteiger partial charge in [0.2, 0.25) is 5.91 Å². The van der Waals surface area contributed by atoms with Crippen LogP contribution in [0.25, 0.3) is 0 Å².